The Kier molecular flexibility index (Phi) is 3.69. The number of carbonyl (C=O) groups excluding carboxylic acids is 1. The molecule has 1 aromatic carbocycles. The second-order valence-electron chi connectivity index (χ2n) is 3.62. The Morgan fingerprint density at radius 2 is 2.11 bits per heavy atom. The molecule has 0 unspecified atom stereocenters. The van der Waals surface area contributed by atoms with Gasteiger partial charge in [-0.25, -0.2) is 0 Å². The van der Waals surface area contributed by atoms with Crippen LogP contribution >= 0.6 is 0 Å². The third-order valence-electron chi connectivity index (χ3n) is 2.32. The molecular weight excluding hydrogens is 234 g/mol. The van der Waals surface area contributed by atoms with Gasteiger partial charge in [0.15, 0.2) is 0 Å². The molecule has 0 spiro atoms. The topological polar surface area (TPSA) is 91.2 Å². The molecule has 0 saturated heterocycles. The lowest BCUT2D eigenvalue weighted by atomic mass is 10.1. The molecule has 2 rings (SSSR count). The summed E-state index contributed by atoms with van der Waals surface area (Å²) in [5.74, 6) is -0.586. The molecule has 2 N–H and O–H groups in total. The monoisotopic (exact) mass is 247 g/mol. The Morgan fingerprint density at radius 1 is 1.39 bits per heavy atom. The van der Waals surface area contributed by atoms with Gasteiger partial charge in [0.1, 0.15) is 0 Å². The number of benzene rings is 1. The van der Waals surface area contributed by atoms with Crippen LogP contribution in [0.2, 0.25) is 0 Å². The zero-order valence-corrected chi connectivity index (χ0v) is 9.92. The molecule has 6 heteroatoms. The van der Waals surface area contributed by atoms with Crippen molar-refractivity contribution in [3.05, 3.63) is 35.7 Å². The average molecular weight is 247 g/mol. The summed E-state index contributed by atoms with van der Waals surface area (Å²) in [7, 11) is 0. The van der Waals surface area contributed by atoms with Crippen LogP contribution in [0, 0.1) is 0 Å². The van der Waals surface area contributed by atoms with Crippen LogP contribution in [-0.2, 0) is 11.3 Å². The third-order valence-corrected chi connectivity index (χ3v) is 2.32. The third kappa shape index (κ3) is 2.72. The quantitative estimate of drug-likeness (QED) is 0.861. The van der Waals surface area contributed by atoms with Gasteiger partial charge < -0.3 is 15.0 Å². The van der Waals surface area contributed by atoms with Crippen LogP contribution in [0.5, 0.6) is 0 Å². The fourth-order valence-electron chi connectivity index (χ4n) is 1.41. The zero-order chi connectivity index (χ0) is 13.0. The normalized spacial score (nSPS) is 10.5. The minimum atomic E-state index is -0.735. The number of hydrogen-bond acceptors (Lipinski definition) is 5. The van der Waals surface area contributed by atoms with E-state index in [9.17, 15) is 4.79 Å². The van der Waals surface area contributed by atoms with Crippen molar-refractivity contribution >= 4 is 5.91 Å². The van der Waals surface area contributed by atoms with E-state index in [1.165, 1.54) is 0 Å². The molecule has 0 fully saturated rings. The van der Waals surface area contributed by atoms with Crippen LogP contribution in [0.15, 0.2) is 28.8 Å². The van der Waals surface area contributed by atoms with E-state index in [1.807, 2.05) is 31.2 Å². The van der Waals surface area contributed by atoms with Crippen molar-refractivity contribution in [1.82, 2.24) is 10.1 Å². The fraction of sp³-hybridized carbons (Fsp3) is 0.250. The summed E-state index contributed by atoms with van der Waals surface area (Å²) in [6.07, 6.45) is 0. The maximum Gasteiger partial charge on any atom is 0.316 e. The highest BCUT2D eigenvalue weighted by Crippen LogP contribution is 2.16. The van der Waals surface area contributed by atoms with E-state index in [-0.39, 0.29) is 5.89 Å². The molecule has 0 atom stereocenters. The molecule has 6 nitrogen and oxygen atoms in total. The van der Waals surface area contributed by atoms with Crippen molar-refractivity contribution in [3.63, 3.8) is 0 Å². The lowest BCUT2D eigenvalue weighted by Gasteiger charge is -2.01. The average Bonchev–Trinajstić information content (AvgIpc) is 2.87. The molecule has 1 heterocycles. The summed E-state index contributed by atoms with van der Waals surface area (Å²) < 4.78 is 10.0. The van der Waals surface area contributed by atoms with E-state index in [4.69, 9.17) is 15.0 Å². The lowest BCUT2D eigenvalue weighted by Crippen LogP contribution is -2.10. The summed E-state index contributed by atoms with van der Waals surface area (Å²) in [5.41, 5.74) is 6.84. The minimum absolute atomic E-state index is 0.191. The highest BCUT2D eigenvalue weighted by Gasteiger charge is 2.12. The van der Waals surface area contributed by atoms with Crippen LogP contribution in [0.1, 0.15) is 23.2 Å². The van der Waals surface area contributed by atoms with Crippen LogP contribution in [0.4, 0.5) is 0 Å². The first-order valence-electron chi connectivity index (χ1n) is 5.51. The summed E-state index contributed by atoms with van der Waals surface area (Å²) in [4.78, 5) is 14.7. The number of nitrogens with two attached hydrogens (primary N) is 1. The van der Waals surface area contributed by atoms with E-state index in [1.54, 1.807) is 0 Å². The van der Waals surface area contributed by atoms with Crippen LogP contribution in [0.3, 0.4) is 0 Å². The molecule has 0 aliphatic carbocycles. The molecule has 1 amide bonds. The van der Waals surface area contributed by atoms with Crippen LogP contribution in [-0.4, -0.2) is 22.7 Å². The second-order valence-corrected chi connectivity index (χ2v) is 3.62. The van der Waals surface area contributed by atoms with Gasteiger partial charge >= 0.3 is 11.8 Å². The summed E-state index contributed by atoms with van der Waals surface area (Å²) in [5, 5.41) is 3.68. The van der Waals surface area contributed by atoms with Crippen LogP contribution in [0.25, 0.3) is 11.4 Å². The molecule has 18 heavy (non-hydrogen) atoms. The molecule has 0 radical (unpaired) electrons. The molecular formula is C12H13N3O3. The number of aromatic nitrogens is 2. The Bertz CT molecular complexity index is 534. The van der Waals surface area contributed by atoms with Crippen LogP contribution < -0.4 is 5.73 Å². The summed E-state index contributed by atoms with van der Waals surface area (Å²) in [6, 6.07) is 7.49. The van der Waals surface area contributed by atoms with Crippen molar-refractivity contribution < 1.29 is 14.1 Å². The van der Waals surface area contributed by atoms with E-state index >= 15 is 0 Å². The SMILES string of the molecule is CCOCc1ccc(-c2noc(C(N)=O)n2)cc1. The Hall–Kier alpha value is -2.21. The molecule has 0 aliphatic rings. The van der Waals surface area contributed by atoms with E-state index in [0.29, 0.717) is 19.0 Å². The van der Waals surface area contributed by atoms with Crippen molar-refractivity contribution in [1.29, 1.82) is 0 Å². The number of amides is 1. The summed E-state index contributed by atoms with van der Waals surface area (Å²) >= 11 is 0. The van der Waals surface area contributed by atoms with Gasteiger partial charge in [-0.05, 0) is 12.5 Å². The van der Waals surface area contributed by atoms with Gasteiger partial charge in [-0.3, -0.25) is 4.79 Å². The summed E-state index contributed by atoms with van der Waals surface area (Å²) in [6.45, 7) is 3.18. The number of rotatable bonds is 5. The van der Waals surface area contributed by atoms with Gasteiger partial charge in [0.2, 0.25) is 5.82 Å². The van der Waals surface area contributed by atoms with Gasteiger partial charge in [0.25, 0.3) is 0 Å². The van der Waals surface area contributed by atoms with Gasteiger partial charge in [0.05, 0.1) is 6.61 Å². The Balaban J connectivity index is 2.15. The van der Waals surface area contributed by atoms with Crippen molar-refractivity contribution in [2.75, 3.05) is 6.61 Å². The number of ether oxygens (including phenoxy) is 1. The van der Waals surface area contributed by atoms with Gasteiger partial charge in [-0.15, -0.1) is 0 Å². The van der Waals surface area contributed by atoms with E-state index in [0.717, 1.165) is 11.1 Å². The van der Waals surface area contributed by atoms with Gasteiger partial charge in [-0.2, -0.15) is 4.98 Å². The van der Waals surface area contributed by atoms with Crippen molar-refractivity contribution in [2.45, 2.75) is 13.5 Å². The zero-order valence-electron chi connectivity index (χ0n) is 9.92. The number of primary amides is 1. The number of hydrogen-bond donors (Lipinski definition) is 1. The first-order chi connectivity index (χ1) is 8.70. The maximum atomic E-state index is 10.8. The molecule has 0 aliphatic heterocycles. The largest absolute Gasteiger partial charge is 0.377 e. The smallest absolute Gasteiger partial charge is 0.316 e. The van der Waals surface area contributed by atoms with Crippen molar-refractivity contribution in [3.8, 4) is 11.4 Å². The maximum absolute atomic E-state index is 10.8. The Morgan fingerprint density at radius 3 is 2.67 bits per heavy atom. The fourth-order valence-corrected chi connectivity index (χ4v) is 1.41. The first-order valence-corrected chi connectivity index (χ1v) is 5.51. The Labute approximate surface area is 104 Å². The predicted molar refractivity (Wildman–Crippen MR) is 63.6 cm³/mol. The molecule has 2 aromatic rings. The van der Waals surface area contributed by atoms with E-state index < -0.39 is 5.91 Å². The lowest BCUT2D eigenvalue weighted by molar-refractivity contribution is 0.0958. The molecule has 0 bridgehead atoms. The molecule has 94 valence electrons. The highest BCUT2D eigenvalue weighted by atomic mass is 16.5. The standard InChI is InChI=1S/C12H13N3O3/c1-2-17-7-8-3-5-9(6-4-8)11-14-12(10(13)16)18-15-11/h3-6H,2,7H2,1H3,(H2,13,16). The predicted octanol–water partition coefficient (Wildman–Crippen LogP) is 1.37. The minimum Gasteiger partial charge on any atom is -0.377 e. The van der Waals surface area contributed by atoms with Crippen molar-refractivity contribution in [2.24, 2.45) is 5.73 Å². The molecule has 1 aromatic heterocycles. The number of carbonyl (C=O) groups is 1. The molecule has 0 saturated carbocycles. The first kappa shape index (κ1) is 12.3. The highest BCUT2D eigenvalue weighted by molar-refractivity contribution is 5.88. The second kappa shape index (κ2) is 5.42. The van der Waals surface area contributed by atoms with E-state index in [2.05, 4.69) is 10.1 Å². The van der Waals surface area contributed by atoms with Gasteiger partial charge in [-0.1, -0.05) is 29.4 Å². The van der Waals surface area contributed by atoms with Gasteiger partial charge in [0, 0.05) is 12.2 Å². The number of nitrogens with zero attached hydrogens (tertiary/aromatic N) is 2.